The number of carbonyl (C=O) groups is 1. The highest BCUT2D eigenvalue weighted by Gasteiger charge is 2.35. The molecule has 1 fully saturated rings. The molecule has 0 spiro atoms. The predicted octanol–water partition coefficient (Wildman–Crippen LogP) is 3.29. The molecule has 4 aromatic rings. The van der Waals surface area contributed by atoms with E-state index < -0.39 is 10.0 Å². The van der Waals surface area contributed by atoms with Crippen LogP contribution in [0.15, 0.2) is 76.3 Å². The van der Waals surface area contributed by atoms with Crippen molar-refractivity contribution in [3.8, 4) is 16.9 Å². The summed E-state index contributed by atoms with van der Waals surface area (Å²) in [5, 5.41) is 8.49. The van der Waals surface area contributed by atoms with Gasteiger partial charge in [-0.2, -0.15) is 9.40 Å². The molecule has 10 heteroatoms. The number of rotatable bonds is 5. The van der Waals surface area contributed by atoms with Gasteiger partial charge in [-0.25, -0.2) is 13.1 Å². The lowest BCUT2D eigenvalue weighted by Gasteiger charge is -2.33. The van der Waals surface area contributed by atoms with Crippen LogP contribution in [0.3, 0.4) is 0 Å². The summed E-state index contributed by atoms with van der Waals surface area (Å²) >= 11 is 0. The van der Waals surface area contributed by atoms with Crippen LogP contribution in [-0.4, -0.2) is 64.6 Å². The molecule has 5 rings (SSSR count). The minimum absolute atomic E-state index is 0.104. The van der Waals surface area contributed by atoms with Gasteiger partial charge >= 0.3 is 0 Å². The zero-order chi connectivity index (χ0) is 24.6. The lowest BCUT2D eigenvalue weighted by molar-refractivity contribution is 0.0698. The molecule has 0 N–H and O–H groups in total. The third kappa shape index (κ3) is 4.26. The van der Waals surface area contributed by atoms with Gasteiger partial charge in [0.1, 0.15) is 16.3 Å². The third-order valence-corrected chi connectivity index (χ3v) is 8.25. The molecule has 1 aliphatic heterocycles. The average Bonchev–Trinajstić information content (AvgIpc) is 3.48. The number of hydrogen-bond acceptors (Lipinski definition) is 6. The van der Waals surface area contributed by atoms with Gasteiger partial charge < -0.3 is 9.42 Å². The fraction of sp³-hybridized carbons (Fsp3) is 0.240. The molecule has 0 saturated carbocycles. The number of aromatic nitrogens is 3. The van der Waals surface area contributed by atoms with Crippen molar-refractivity contribution in [2.24, 2.45) is 0 Å². The Morgan fingerprint density at radius 1 is 0.914 bits per heavy atom. The minimum Gasteiger partial charge on any atom is -0.360 e. The van der Waals surface area contributed by atoms with Gasteiger partial charge in [0.2, 0.25) is 10.0 Å². The quantitative estimate of drug-likeness (QED) is 0.425. The molecule has 2 aromatic carbocycles. The first kappa shape index (κ1) is 23.0. The largest absolute Gasteiger partial charge is 0.360 e. The fourth-order valence-electron chi connectivity index (χ4n) is 4.33. The van der Waals surface area contributed by atoms with Crippen LogP contribution >= 0.6 is 0 Å². The Morgan fingerprint density at radius 2 is 1.54 bits per heavy atom. The maximum Gasteiger partial charge on any atom is 0.257 e. The third-order valence-electron chi connectivity index (χ3n) is 6.10. The molecule has 1 amide bonds. The highest BCUT2D eigenvalue weighted by Crippen LogP contribution is 2.27. The van der Waals surface area contributed by atoms with Crippen LogP contribution in [0.25, 0.3) is 16.9 Å². The van der Waals surface area contributed by atoms with Gasteiger partial charge in [-0.15, -0.1) is 0 Å². The van der Waals surface area contributed by atoms with E-state index in [4.69, 9.17) is 9.62 Å². The Labute approximate surface area is 203 Å². The number of carbonyl (C=O) groups excluding carboxylic acids is 1. The molecular weight excluding hydrogens is 466 g/mol. The van der Waals surface area contributed by atoms with Gasteiger partial charge in [0.05, 0.1) is 11.3 Å². The Morgan fingerprint density at radius 3 is 2.14 bits per heavy atom. The summed E-state index contributed by atoms with van der Waals surface area (Å²) in [6.45, 7) is 4.11. The zero-order valence-electron chi connectivity index (χ0n) is 19.5. The number of benzene rings is 2. The number of piperazine rings is 1. The Kier molecular flexibility index (Phi) is 6.00. The molecule has 180 valence electrons. The summed E-state index contributed by atoms with van der Waals surface area (Å²) in [5.41, 5.74) is 3.08. The van der Waals surface area contributed by atoms with E-state index in [0.29, 0.717) is 17.0 Å². The van der Waals surface area contributed by atoms with Crippen LogP contribution in [-0.2, 0) is 10.0 Å². The van der Waals surface area contributed by atoms with E-state index in [1.165, 1.54) is 4.31 Å². The number of aryl methyl sites for hydroxylation is 2. The van der Waals surface area contributed by atoms with E-state index in [1.54, 1.807) is 29.6 Å². The van der Waals surface area contributed by atoms with E-state index in [9.17, 15) is 13.2 Å². The predicted molar refractivity (Wildman–Crippen MR) is 130 cm³/mol. The normalized spacial score (nSPS) is 14.9. The van der Waals surface area contributed by atoms with Gasteiger partial charge in [-0.05, 0) is 26.0 Å². The molecule has 9 nitrogen and oxygen atoms in total. The van der Waals surface area contributed by atoms with Gasteiger partial charge in [-0.1, -0.05) is 53.7 Å². The van der Waals surface area contributed by atoms with E-state index in [1.807, 2.05) is 60.7 Å². The van der Waals surface area contributed by atoms with E-state index >= 15 is 0 Å². The molecule has 2 aromatic heterocycles. The summed E-state index contributed by atoms with van der Waals surface area (Å²) in [6, 6.07) is 19.2. The fourth-order valence-corrected chi connectivity index (χ4v) is 6.04. The van der Waals surface area contributed by atoms with E-state index in [-0.39, 0.29) is 42.7 Å². The van der Waals surface area contributed by atoms with Crippen molar-refractivity contribution in [1.29, 1.82) is 0 Å². The maximum atomic E-state index is 13.6. The van der Waals surface area contributed by atoms with Crippen LogP contribution < -0.4 is 0 Å². The summed E-state index contributed by atoms with van der Waals surface area (Å²) in [7, 11) is -3.75. The minimum atomic E-state index is -3.75. The van der Waals surface area contributed by atoms with Crippen LogP contribution in [0.2, 0.25) is 0 Å². The monoisotopic (exact) mass is 491 g/mol. The zero-order valence-corrected chi connectivity index (χ0v) is 20.3. The SMILES string of the molecule is Cc1noc(C)c1S(=O)(=O)N1CCN(C(=O)c2cn(-c3ccccc3)nc2-c2ccccc2)CC1. The summed E-state index contributed by atoms with van der Waals surface area (Å²) < 4.78 is 34.4. The lowest BCUT2D eigenvalue weighted by atomic mass is 10.1. The van der Waals surface area contributed by atoms with E-state index in [2.05, 4.69) is 5.16 Å². The van der Waals surface area contributed by atoms with Crippen LogP contribution in [0.1, 0.15) is 21.8 Å². The van der Waals surface area contributed by atoms with Crippen LogP contribution in [0.4, 0.5) is 0 Å². The maximum absolute atomic E-state index is 13.6. The van der Waals surface area contributed by atoms with Crippen LogP contribution in [0.5, 0.6) is 0 Å². The Bertz CT molecular complexity index is 1430. The van der Waals surface area contributed by atoms with Gasteiger partial charge in [0, 0.05) is 37.9 Å². The summed E-state index contributed by atoms with van der Waals surface area (Å²) in [5.74, 6) is 0.0854. The second-order valence-corrected chi connectivity index (χ2v) is 10.3. The number of para-hydroxylation sites is 1. The molecule has 0 radical (unpaired) electrons. The molecule has 3 heterocycles. The Balaban J connectivity index is 1.41. The second-order valence-electron chi connectivity index (χ2n) is 8.39. The highest BCUT2D eigenvalue weighted by molar-refractivity contribution is 7.89. The van der Waals surface area contributed by atoms with Crippen LogP contribution in [0, 0.1) is 13.8 Å². The summed E-state index contributed by atoms with van der Waals surface area (Å²) in [4.78, 5) is 15.4. The van der Waals surface area contributed by atoms with Crippen molar-refractivity contribution >= 4 is 15.9 Å². The molecular formula is C25H25N5O4S. The first-order valence-electron chi connectivity index (χ1n) is 11.3. The van der Waals surface area contributed by atoms with Crippen molar-refractivity contribution in [3.05, 3.63) is 83.9 Å². The lowest BCUT2D eigenvalue weighted by Crippen LogP contribution is -2.50. The molecule has 35 heavy (non-hydrogen) atoms. The molecule has 1 aliphatic rings. The van der Waals surface area contributed by atoms with Crippen molar-refractivity contribution in [1.82, 2.24) is 24.1 Å². The number of amides is 1. The highest BCUT2D eigenvalue weighted by atomic mass is 32.2. The molecule has 0 atom stereocenters. The Hall–Kier alpha value is -3.76. The molecule has 0 aliphatic carbocycles. The molecule has 0 unspecified atom stereocenters. The molecule has 0 bridgehead atoms. The first-order valence-corrected chi connectivity index (χ1v) is 12.7. The summed E-state index contributed by atoms with van der Waals surface area (Å²) in [6.07, 6.45) is 1.74. The number of nitrogens with zero attached hydrogens (tertiary/aromatic N) is 5. The number of hydrogen-bond donors (Lipinski definition) is 0. The van der Waals surface area contributed by atoms with Gasteiger partial charge in [0.25, 0.3) is 5.91 Å². The van der Waals surface area contributed by atoms with Crippen molar-refractivity contribution in [2.45, 2.75) is 18.7 Å². The van der Waals surface area contributed by atoms with Crippen molar-refractivity contribution < 1.29 is 17.7 Å². The van der Waals surface area contributed by atoms with Gasteiger partial charge in [0.15, 0.2) is 5.76 Å². The van der Waals surface area contributed by atoms with Crippen molar-refractivity contribution in [3.63, 3.8) is 0 Å². The van der Waals surface area contributed by atoms with Gasteiger partial charge in [-0.3, -0.25) is 4.79 Å². The smallest absolute Gasteiger partial charge is 0.257 e. The topological polar surface area (TPSA) is 102 Å². The van der Waals surface area contributed by atoms with Crippen molar-refractivity contribution in [2.75, 3.05) is 26.2 Å². The van der Waals surface area contributed by atoms with E-state index in [0.717, 1.165) is 11.3 Å². The standard InChI is InChI=1S/C25H25N5O4S/c1-18-24(19(2)34-27-18)35(32,33)29-15-13-28(14-16-29)25(31)22-17-30(21-11-7-4-8-12-21)26-23(22)20-9-5-3-6-10-20/h3-12,17H,13-16H2,1-2H3. The second kappa shape index (κ2) is 9.12. The number of sulfonamides is 1. The first-order chi connectivity index (χ1) is 16.9. The average molecular weight is 492 g/mol. The molecule has 1 saturated heterocycles.